The first-order chi connectivity index (χ1) is 34.8. The van der Waals surface area contributed by atoms with Crippen molar-refractivity contribution in [2.75, 3.05) is 47.0 Å². The molecule has 0 spiro atoms. The molecule has 1 aromatic heterocycles. The highest BCUT2D eigenvalue weighted by Gasteiger charge is 2.40. The summed E-state index contributed by atoms with van der Waals surface area (Å²) in [7, 11) is 3.24. The maximum atomic E-state index is 15.0. The van der Waals surface area contributed by atoms with E-state index in [0.717, 1.165) is 38.9 Å². The van der Waals surface area contributed by atoms with Gasteiger partial charge >= 0.3 is 17.9 Å². The monoisotopic (exact) mass is 1000 g/mol. The number of rotatable bonds is 15. The fourth-order valence-corrected chi connectivity index (χ4v) is 10.5. The van der Waals surface area contributed by atoms with E-state index in [0.29, 0.717) is 62.9 Å². The number of carboxylic acid groups (broad SMARTS) is 1. The number of likely N-dealkylation sites (N-methyl/N-ethyl adjacent to an activating group) is 1. The molecule has 7 rings (SSSR count). The average Bonchev–Trinajstić information content (AvgIpc) is 3.98. The molecule has 2 fully saturated rings. The van der Waals surface area contributed by atoms with E-state index in [1.165, 1.54) is 16.0 Å². The van der Waals surface area contributed by atoms with Crippen molar-refractivity contribution >= 4 is 52.4 Å². The number of nitrogens with zero attached hydrogens (tertiary/aromatic N) is 4. The van der Waals surface area contributed by atoms with Crippen LogP contribution in [0.15, 0.2) is 73.3 Å². The molecule has 17 nitrogen and oxygen atoms in total. The fourth-order valence-electron chi connectivity index (χ4n) is 10.5. The highest BCUT2D eigenvalue weighted by Crippen LogP contribution is 2.42. The lowest BCUT2D eigenvalue weighted by atomic mass is 9.83. The van der Waals surface area contributed by atoms with Gasteiger partial charge in [0, 0.05) is 68.6 Å². The van der Waals surface area contributed by atoms with Crippen molar-refractivity contribution in [2.24, 2.45) is 17.3 Å². The van der Waals surface area contributed by atoms with Crippen molar-refractivity contribution < 1.29 is 52.9 Å². The van der Waals surface area contributed by atoms with Gasteiger partial charge in [-0.25, -0.2) is 5.43 Å². The number of esters is 2. The van der Waals surface area contributed by atoms with Crippen molar-refractivity contribution in [2.45, 2.75) is 111 Å². The lowest BCUT2D eigenvalue weighted by Crippen LogP contribution is -2.62. The van der Waals surface area contributed by atoms with Gasteiger partial charge in [-0.2, -0.15) is 0 Å². The second-order valence-electron chi connectivity index (χ2n) is 20.6. The van der Waals surface area contributed by atoms with Gasteiger partial charge in [-0.15, -0.1) is 0 Å². The van der Waals surface area contributed by atoms with Gasteiger partial charge in [0.1, 0.15) is 23.9 Å². The number of likely N-dealkylation sites (tertiary alicyclic amines) is 1. The van der Waals surface area contributed by atoms with Crippen LogP contribution in [-0.4, -0.2) is 131 Å². The van der Waals surface area contributed by atoms with Crippen LogP contribution in [0.25, 0.3) is 33.3 Å². The van der Waals surface area contributed by atoms with E-state index in [-0.39, 0.29) is 50.1 Å². The molecule has 4 amide bonds. The number of cyclic esters (lactones) is 1. The Morgan fingerprint density at radius 2 is 1.78 bits per heavy atom. The number of aromatic nitrogens is 1. The minimum atomic E-state index is -1.27. The number of fused-ring (bicyclic) bond motifs is 6. The van der Waals surface area contributed by atoms with E-state index >= 15 is 0 Å². The molecule has 3 aliphatic rings. The number of amides is 4. The SMILES string of the molecule is C=CC(=O)N1CC[C@H](C(=O)N(C)C(C(=O)N[C@H]2Cc3cc(OC(=O)CCC(=O)O)cc(c3)-c3ccc4c(c3)c(c(-c3ccccc3CCOC)n4CC)CC(C)(C)COC(=O)[C@@H]3CCCN(N3)C2=O)C(C)C)C1. The van der Waals surface area contributed by atoms with Crippen LogP contribution in [-0.2, 0) is 68.8 Å². The summed E-state index contributed by atoms with van der Waals surface area (Å²) in [5.41, 5.74) is 9.66. The van der Waals surface area contributed by atoms with Gasteiger partial charge in [0.05, 0.1) is 37.7 Å². The zero-order valence-electron chi connectivity index (χ0n) is 43.2. The number of benzene rings is 3. The van der Waals surface area contributed by atoms with Gasteiger partial charge in [0.2, 0.25) is 17.7 Å². The topological polar surface area (TPSA) is 206 Å². The van der Waals surface area contributed by atoms with E-state index in [1.54, 1.807) is 45.0 Å². The Hall–Kier alpha value is -6.85. The molecular weight excluding hydrogens is 933 g/mol. The summed E-state index contributed by atoms with van der Waals surface area (Å²) in [6.45, 7) is 15.4. The molecule has 17 heteroatoms. The van der Waals surface area contributed by atoms with Crippen molar-refractivity contribution in [1.29, 1.82) is 0 Å². The van der Waals surface area contributed by atoms with Crippen LogP contribution in [0.3, 0.4) is 0 Å². The molecule has 0 saturated carbocycles. The number of hydrazine groups is 1. The largest absolute Gasteiger partial charge is 0.481 e. The molecule has 4 aromatic rings. The third-order valence-electron chi connectivity index (χ3n) is 14.1. The van der Waals surface area contributed by atoms with E-state index in [1.807, 2.05) is 24.3 Å². The molecule has 1 unspecified atom stereocenters. The van der Waals surface area contributed by atoms with Crippen LogP contribution < -0.4 is 15.5 Å². The number of aryl methyl sites for hydroxylation is 1. The number of nitrogens with one attached hydrogen (secondary N) is 2. The highest BCUT2D eigenvalue weighted by atomic mass is 16.5. The number of hydrogen-bond donors (Lipinski definition) is 3. The number of carbonyl (C=O) groups is 7. The predicted molar refractivity (Wildman–Crippen MR) is 275 cm³/mol. The van der Waals surface area contributed by atoms with E-state index in [2.05, 4.69) is 66.9 Å². The lowest BCUT2D eigenvalue weighted by Gasteiger charge is -2.37. The fraction of sp³-hybridized carbons (Fsp3) is 0.482. The lowest BCUT2D eigenvalue weighted by molar-refractivity contribution is -0.155. The Kier molecular flexibility index (Phi) is 17.3. The van der Waals surface area contributed by atoms with Crippen LogP contribution >= 0.6 is 0 Å². The summed E-state index contributed by atoms with van der Waals surface area (Å²) in [6.07, 6.45) is 2.74. The van der Waals surface area contributed by atoms with Crippen molar-refractivity contribution in [3.63, 3.8) is 0 Å². The summed E-state index contributed by atoms with van der Waals surface area (Å²) < 4.78 is 19.8. The van der Waals surface area contributed by atoms with Crippen LogP contribution in [0.5, 0.6) is 5.75 Å². The predicted octanol–water partition coefficient (Wildman–Crippen LogP) is 6.12. The van der Waals surface area contributed by atoms with Gasteiger partial charge in [-0.1, -0.05) is 70.7 Å². The van der Waals surface area contributed by atoms with Crippen LogP contribution in [0, 0.1) is 17.3 Å². The highest BCUT2D eigenvalue weighted by molar-refractivity contribution is 5.96. The Bertz CT molecular complexity index is 2760. The maximum absolute atomic E-state index is 15.0. The molecule has 6 bridgehead atoms. The third-order valence-corrected chi connectivity index (χ3v) is 14.1. The first-order valence-corrected chi connectivity index (χ1v) is 25.3. The van der Waals surface area contributed by atoms with Gasteiger partial charge in [0.25, 0.3) is 5.91 Å². The molecule has 73 heavy (non-hydrogen) atoms. The Balaban J connectivity index is 1.36. The molecule has 390 valence electrons. The molecule has 4 atom stereocenters. The number of carboxylic acids is 1. The Labute approximate surface area is 427 Å². The molecule has 3 aromatic carbocycles. The number of aliphatic carboxylic acids is 1. The second-order valence-corrected chi connectivity index (χ2v) is 20.6. The summed E-state index contributed by atoms with van der Waals surface area (Å²) in [5, 5.41) is 14.7. The van der Waals surface area contributed by atoms with Crippen LogP contribution in [0.4, 0.5) is 0 Å². The standard InChI is InChI=1S/C56H70N6O11/c1-9-47(63)60-24-21-38(32-60)53(68)59(7)50(34(3)4)52(67)57-45-28-35-26-39(29-40(27-35)73-49(66)20-19-48(64)65)37-17-18-46-42(30-37)43(51(61(46)10-2)41-15-12-11-14-36(41)22-25-71-8)31-56(5,6)33-72-55(70)44-16-13-23-62(58-44)54(45)69/h9,11-12,14-15,17-18,26-27,29-30,34,38,44-45,50,58H,1,10,13,16,19-25,28,31-33H2,2-8H3,(H,57,67)(H,64,65)/t38-,44-,45-,50?/m0/s1. The first kappa shape index (κ1) is 53.9. The van der Waals surface area contributed by atoms with Crippen molar-refractivity contribution in [1.82, 2.24) is 30.1 Å². The quantitative estimate of drug-likeness (QED) is 0.0700. The molecule has 0 aliphatic carbocycles. The number of methoxy groups -OCH3 is 1. The number of carbonyl (C=O) groups excluding carboxylic acids is 6. The van der Waals surface area contributed by atoms with Gasteiger partial charge < -0.3 is 39.0 Å². The van der Waals surface area contributed by atoms with E-state index < -0.39 is 71.5 Å². The van der Waals surface area contributed by atoms with Gasteiger partial charge in [-0.05, 0) is 103 Å². The molecular formula is C56H70N6O11. The molecule has 3 aliphatic heterocycles. The molecule has 4 heterocycles. The second kappa shape index (κ2) is 23.4. The summed E-state index contributed by atoms with van der Waals surface area (Å²) >= 11 is 0. The van der Waals surface area contributed by atoms with Gasteiger partial charge in [0.15, 0.2) is 0 Å². The van der Waals surface area contributed by atoms with E-state index in [9.17, 15) is 38.7 Å². The molecule has 0 radical (unpaired) electrons. The zero-order chi connectivity index (χ0) is 52.7. The van der Waals surface area contributed by atoms with E-state index in [4.69, 9.17) is 14.2 Å². The number of hydrogen-bond acceptors (Lipinski definition) is 11. The van der Waals surface area contributed by atoms with Crippen LogP contribution in [0.2, 0.25) is 0 Å². The minimum absolute atomic E-state index is 0.0742. The Morgan fingerprint density at radius 1 is 1.01 bits per heavy atom. The van der Waals surface area contributed by atoms with Crippen LogP contribution in [0.1, 0.15) is 83.4 Å². The zero-order valence-corrected chi connectivity index (χ0v) is 43.2. The van der Waals surface area contributed by atoms with Crippen molar-refractivity contribution in [3.05, 3.63) is 90.0 Å². The third kappa shape index (κ3) is 12.5. The first-order valence-electron chi connectivity index (χ1n) is 25.3. The summed E-state index contributed by atoms with van der Waals surface area (Å²) in [4.78, 5) is 97.8. The Morgan fingerprint density at radius 3 is 2.49 bits per heavy atom. The van der Waals surface area contributed by atoms with Crippen molar-refractivity contribution in [3.8, 4) is 28.1 Å². The van der Waals surface area contributed by atoms with Gasteiger partial charge in [-0.3, -0.25) is 38.6 Å². The number of ether oxygens (including phenoxy) is 3. The summed E-state index contributed by atoms with van der Waals surface area (Å²) in [5.74, 6) is -5.01. The maximum Gasteiger partial charge on any atom is 0.324 e. The average molecular weight is 1000 g/mol. The smallest absolute Gasteiger partial charge is 0.324 e. The minimum Gasteiger partial charge on any atom is -0.481 e. The summed E-state index contributed by atoms with van der Waals surface area (Å²) in [6, 6.07) is 16.4. The molecule has 2 saturated heterocycles. The molecule has 3 N–H and O–H groups in total. The normalized spacial score (nSPS) is 19.5.